The van der Waals surface area contributed by atoms with E-state index in [0.29, 0.717) is 18.7 Å². The predicted octanol–water partition coefficient (Wildman–Crippen LogP) is 1.49. The van der Waals surface area contributed by atoms with Gasteiger partial charge in [0.15, 0.2) is 5.69 Å². The summed E-state index contributed by atoms with van der Waals surface area (Å²) < 4.78 is 18.5. The number of alkyl halides is 1. The molecule has 0 radical (unpaired) electrons. The Balaban J connectivity index is 2.47. The van der Waals surface area contributed by atoms with Crippen molar-refractivity contribution >= 4 is 5.97 Å². The van der Waals surface area contributed by atoms with E-state index in [9.17, 15) is 9.18 Å². The van der Waals surface area contributed by atoms with Gasteiger partial charge in [0.2, 0.25) is 0 Å². The number of carbonyl (C=O) groups excluding carboxylic acids is 1. The lowest BCUT2D eigenvalue weighted by Gasteiger charge is -2.06. The molecule has 2 rings (SSSR count). The summed E-state index contributed by atoms with van der Waals surface area (Å²) in [4.78, 5) is 15.6. The van der Waals surface area contributed by atoms with E-state index in [0.717, 1.165) is 5.56 Å². The first-order valence-electron chi connectivity index (χ1n) is 5.76. The third-order valence-corrected chi connectivity index (χ3v) is 2.57. The van der Waals surface area contributed by atoms with Gasteiger partial charge in [0.05, 0.1) is 13.8 Å². The van der Waals surface area contributed by atoms with E-state index in [1.165, 1.54) is 11.8 Å². The summed E-state index contributed by atoms with van der Waals surface area (Å²) >= 11 is 0. The van der Waals surface area contributed by atoms with Crippen LogP contribution in [0.15, 0.2) is 24.5 Å². The third-order valence-electron chi connectivity index (χ3n) is 2.57. The first-order chi connectivity index (χ1) is 9.27. The van der Waals surface area contributed by atoms with Gasteiger partial charge >= 0.3 is 5.97 Å². The number of hydrogen-bond donors (Lipinski definition) is 0. The molecule has 0 fully saturated rings. The molecule has 0 unspecified atom stereocenters. The molecule has 2 aromatic rings. The molecule has 0 aliphatic heterocycles. The highest BCUT2D eigenvalue weighted by molar-refractivity contribution is 5.93. The molecule has 0 spiro atoms. The average Bonchev–Trinajstić information content (AvgIpc) is 2.89. The molecule has 0 saturated carbocycles. The highest BCUT2D eigenvalue weighted by Gasteiger charge is 2.21. The largest absolute Gasteiger partial charge is 0.464 e. The molecular formula is C12H13FN4O2. The van der Waals surface area contributed by atoms with Gasteiger partial charge in [-0.3, -0.25) is 9.37 Å². The van der Waals surface area contributed by atoms with E-state index in [1.807, 2.05) is 0 Å². The van der Waals surface area contributed by atoms with E-state index < -0.39 is 12.6 Å². The van der Waals surface area contributed by atoms with Crippen LogP contribution in [0.5, 0.6) is 0 Å². The molecule has 7 heteroatoms. The van der Waals surface area contributed by atoms with Gasteiger partial charge in [0, 0.05) is 24.5 Å². The van der Waals surface area contributed by atoms with Crippen LogP contribution in [0.3, 0.4) is 0 Å². The number of rotatable bonds is 5. The Bertz CT molecular complexity index is 556. The molecule has 0 amide bonds. The fourth-order valence-corrected chi connectivity index (χ4v) is 1.71. The second-order valence-corrected chi connectivity index (χ2v) is 3.78. The second kappa shape index (κ2) is 6.03. The maximum Gasteiger partial charge on any atom is 0.360 e. The van der Waals surface area contributed by atoms with Gasteiger partial charge in [-0.15, -0.1) is 5.10 Å². The number of pyridine rings is 1. The number of nitrogens with zero attached hydrogens (tertiary/aromatic N) is 4. The quantitative estimate of drug-likeness (QED) is 0.765. The molecule has 2 aromatic heterocycles. The summed E-state index contributed by atoms with van der Waals surface area (Å²) in [7, 11) is 1.28. The van der Waals surface area contributed by atoms with Gasteiger partial charge < -0.3 is 4.74 Å². The fourth-order valence-electron chi connectivity index (χ4n) is 1.71. The van der Waals surface area contributed by atoms with E-state index in [1.54, 1.807) is 24.5 Å². The van der Waals surface area contributed by atoms with Crippen LogP contribution in [0.1, 0.15) is 16.9 Å². The molecule has 0 saturated heterocycles. The molecule has 0 aliphatic carbocycles. The Labute approximate surface area is 109 Å². The molecular weight excluding hydrogens is 251 g/mol. The normalized spacial score (nSPS) is 10.4. The number of aromatic nitrogens is 4. The molecule has 6 nitrogen and oxygen atoms in total. The van der Waals surface area contributed by atoms with Crippen molar-refractivity contribution in [3.05, 3.63) is 30.2 Å². The predicted molar refractivity (Wildman–Crippen MR) is 65.2 cm³/mol. The van der Waals surface area contributed by atoms with Crippen molar-refractivity contribution in [2.24, 2.45) is 0 Å². The Morgan fingerprint density at radius 3 is 2.79 bits per heavy atom. The number of carbonyl (C=O) groups is 1. The summed E-state index contributed by atoms with van der Waals surface area (Å²) in [5, 5.41) is 7.69. The van der Waals surface area contributed by atoms with Crippen LogP contribution in [0.2, 0.25) is 0 Å². The highest BCUT2D eigenvalue weighted by Crippen LogP contribution is 2.22. The maximum absolute atomic E-state index is 12.3. The number of esters is 1. The summed E-state index contributed by atoms with van der Waals surface area (Å²) in [6, 6.07) is 3.47. The zero-order valence-corrected chi connectivity index (χ0v) is 10.4. The van der Waals surface area contributed by atoms with Gasteiger partial charge in [-0.1, -0.05) is 5.21 Å². The van der Waals surface area contributed by atoms with Gasteiger partial charge in [-0.2, -0.15) is 0 Å². The van der Waals surface area contributed by atoms with Crippen LogP contribution in [-0.2, 0) is 11.3 Å². The smallest absolute Gasteiger partial charge is 0.360 e. The molecule has 0 atom stereocenters. The lowest BCUT2D eigenvalue weighted by atomic mass is 10.1. The van der Waals surface area contributed by atoms with Crippen molar-refractivity contribution in [1.29, 1.82) is 0 Å². The van der Waals surface area contributed by atoms with Crippen molar-refractivity contribution in [2.45, 2.75) is 13.0 Å². The summed E-state index contributed by atoms with van der Waals surface area (Å²) in [6.45, 7) is -0.110. The zero-order chi connectivity index (χ0) is 13.7. The van der Waals surface area contributed by atoms with Gasteiger partial charge in [0.1, 0.15) is 5.69 Å². The minimum atomic E-state index is -0.571. The summed E-state index contributed by atoms with van der Waals surface area (Å²) in [6.07, 6.45) is 3.51. The molecule has 0 aromatic carbocycles. The minimum Gasteiger partial charge on any atom is -0.464 e. The molecule has 100 valence electrons. The average molecular weight is 264 g/mol. The summed E-state index contributed by atoms with van der Waals surface area (Å²) in [5.74, 6) is -0.571. The number of hydrogen-bond acceptors (Lipinski definition) is 5. The van der Waals surface area contributed by atoms with Crippen molar-refractivity contribution < 1.29 is 13.9 Å². The van der Waals surface area contributed by atoms with Crippen LogP contribution in [0, 0.1) is 0 Å². The standard InChI is InChI=1S/C12H13FN4O2/c1-19-12(18)10-11(9-3-6-14-7-4-9)17(16-15-10)8-2-5-13/h3-4,6-7H,2,5,8H2,1H3. The van der Waals surface area contributed by atoms with Crippen molar-refractivity contribution in [3.8, 4) is 11.3 Å². The van der Waals surface area contributed by atoms with E-state index in [2.05, 4.69) is 20.0 Å². The lowest BCUT2D eigenvalue weighted by Crippen LogP contribution is -2.07. The zero-order valence-electron chi connectivity index (χ0n) is 10.4. The molecule has 0 bridgehead atoms. The second-order valence-electron chi connectivity index (χ2n) is 3.78. The van der Waals surface area contributed by atoms with Gasteiger partial charge in [-0.05, 0) is 18.6 Å². The van der Waals surface area contributed by atoms with Crippen molar-refractivity contribution in [1.82, 2.24) is 20.0 Å². The minimum absolute atomic E-state index is 0.118. The van der Waals surface area contributed by atoms with E-state index in [-0.39, 0.29) is 5.69 Å². The number of aryl methyl sites for hydroxylation is 1. The summed E-state index contributed by atoms with van der Waals surface area (Å²) in [5.41, 5.74) is 1.37. The Morgan fingerprint density at radius 1 is 1.42 bits per heavy atom. The highest BCUT2D eigenvalue weighted by atomic mass is 19.1. The van der Waals surface area contributed by atoms with Crippen molar-refractivity contribution in [2.75, 3.05) is 13.8 Å². The Morgan fingerprint density at radius 2 is 2.16 bits per heavy atom. The van der Waals surface area contributed by atoms with Crippen LogP contribution in [0.25, 0.3) is 11.3 Å². The topological polar surface area (TPSA) is 69.9 Å². The van der Waals surface area contributed by atoms with E-state index >= 15 is 0 Å². The molecule has 0 N–H and O–H groups in total. The first-order valence-corrected chi connectivity index (χ1v) is 5.76. The van der Waals surface area contributed by atoms with Crippen molar-refractivity contribution in [3.63, 3.8) is 0 Å². The number of methoxy groups -OCH3 is 1. The monoisotopic (exact) mass is 264 g/mol. The maximum atomic E-state index is 12.3. The van der Waals surface area contributed by atoms with Gasteiger partial charge in [0.25, 0.3) is 0 Å². The Hall–Kier alpha value is -2.31. The Kier molecular flexibility index (Phi) is 4.17. The number of halogens is 1. The lowest BCUT2D eigenvalue weighted by molar-refractivity contribution is 0.0595. The van der Waals surface area contributed by atoms with Crippen LogP contribution in [0.4, 0.5) is 4.39 Å². The van der Waals surface area contributed by atoms with Crippen LogP contribution >= 0.6 is 0 Å². The first kappa shape index (κ1) is 13.1. The van der Waals surface area contributed by atoms with Crippen LogP contribution < -0.4 is 0 Å². The SMILES string of the molecule is COC(=O)c1nnn(CCCF)c1-c1ccncc1. The van der Waals surface area contributed by atoms with Gasteiger partial charge in [-0.25, -0.2) is 9.48 Å². The molecule has 2 heterocycles. The van der Waals surface area contributed by atoms with E-state index in [4.69, 9.17) is 0 Å². The molecule has 0 aliphatic rings. The third kappa shape index (κ3) is 2.75. The number of ether oxygens (including phenoxy) is 1. The molecule has 19 heavy (non-hydrogen) atoms. The fraction of sp³-hybridized carbons (Fsp3) is 0.333. The van der Waals surface area contributed by atoms with Crippen LogP contribution in [-0.4, -0.2) is 39.7 Å².